The van der Waals surface area contributed by atoms with E-state index in [1.54, 1.807) is 12.4 Å². The van der Waals surface area contributed by atoms with Gasteiger partial charge in [-0.25, -0.2) is 0 Å². The third-order valence-corrected chi connectivity index (χ3v) is 2.72. The molecule has 7 nitrogen and oxygen atoms in total. The number of anilines is 2. The van der Waals surface area contributed by atoms with E-state index in [4.69, 9.17) is 10.5 Å². The lowest BCUT2D eigenvalue weighted by molar-refractivity contribution is 0.312. The highest BCUT2D eigenvalue weighted by molar-refractivity contribution is 5.35. The molecule has 106 valence electrons. The van der Waals surface area contributed by atoms with Crippen LogP contribution in [0.5, 0.6) is 6.01 Å². The number of pyridine rings is 1. The Hall–Kier alpha value is -2.44. The Labute approximate surface area is 117 Å². The number of nitrogen functional groups attached to an aromatic ring is 1. The van der Waals surface area contributed by atoms with Crippen molar-refractivity contribution >= 4 is 11.9 Å². The Kier molecular flexibility index (Phi) is 4.65. The summed E-state index contributed by atoms with van der Waals surface area (Å²) in [5, 5.41) is 0. The topological polar surface area (TPSA) is 90.0 Å². The molecule has 0 bridgehead atoms. The molecule has 2 rings (SSSR count). The predicted octanol–water partition coefficient (Wildman–Crippen LogP) is 0.926. The third kappa shape index (κ3) is 3.78. The number of likely N-dealkylation sites (N-methyl/N-ethyl adjacent to an activating group) is 1. The zero-order valence-electron chi connectivity index (χ0n) is 11.7. The highest BCUT2D eigenvalue weighted by atomic mass is 16.5. The summed E-state index contributed by atoms with van der Waals surface area (Å²) in [7, 11) is 1.91. The summed E-state index contributed by atoms with van der Waals surface area (Å²) in [4.78, 5) is 18.2. The van der Waals surface area contributed by atoms with Gasteiger partial charge in [-0.3, -0.25) is 4.98 Å². The van der Waals surface area contributed by atoms with Gasteiger partial charge >= 0.3 is 6.01 Å². The number of nitrogens with two attached hydrogens (primary N) is 1. The average molecular weight is 274 g/mol. The summed E-state index contributed by atoms with van der Waals surface area (Å²) in [5.74, 6) is 0.671. The molecule has 20 heavy (non-hydrogen) atoms. The molecule has 0 atom stereocenters. The first-order chi connectivity index (χ1) is 9.69. The minimum atomic E-state index is 0.161. The predicted molar refractivity (Wildman–Crippen MR) is 76.6 cm³/mol. The molecular weight excluding hydrogens is 256 g/mol. The molecule has 0 aliphatic carbocycles. The first-order valence-electron chi connectivity index (χ1n) is 6.43. The molecular formula is C13H18N6O. The maximum atomic E-state index is 5.66. The van der Waals surface area contributed by atoms with Crippen molar-refractivity contribution in [3.63, 3.8) is 0 Å². The van der Waals surface area contributed by atoms with Crippen molar-refractivity contribution in [1.82, 2.24) is 19.9 Å². The first-order valence-corrected chi connectivity index (χ1v) is 6.43. The van der Waals surface area contributed by atoms with E-state index < -0.39 is 0 Å². The van der Waals surface area contributed by atoms with E-state index in [1.807, 2.05) is 31.0 Å². The van der Waals surface area contributed by atoms with Crippen molar-refractivity contribution in [3.8, 4) is 6.01 Å². The fourth-order valence-corrected chi connectivity index (χ4v) is 1.67. The van der Waals surface area contributed by atoms with Crippen LogP contribution in [0.1, 0.15) is 12.5 Å². The lowest BCUT2D eigenvalue weighted by Crippen LogP contribution is -2.23. The molecule has 0 aliphatic rings. The summed E-state index contributed by atoms with van der Waals surface area (Å²) < 4.78 is 5.26. The molecule has 0 aromatic carbocycles. The number of rotatable bonds is 6. The van der Waals surface area contributed by atoms with Gasteiger partial charge in [0, 0.05) is 26.0 Å². The normalized spacial score (nSPS) is 10.3. The van der Waals surface area contributed by atoms with Crippen LogP contribution in [0.3, 0.4) is 0 Å². The Morgan fingerprint density at radius 2 is 1.95 bits per heavy atom. The molecule has 2 aromatic heterocycles. The van der Waals surface area contributed by atoms with E-state index >= 15 is 0 Å². The average Bonchev–Trinajstić information content (AvgIpc) is 2.45. The van der Waals surface area contributed by atoms with Crippen LogP contribution in [0.15, 0.2) is 24.5 Å². The minimum absolute atomic E-state index is 0.161. The highest BCUT2D eigenvalue weighted by Crippen LogP contribution is 2.12. The molecule has 0 unspecified atom stereocenters. The molecule has 0 spiro atoms. The van der Waals surface area contributed by atoms with Crippen LogP contribution in [0, 0.1) is 0 Å². The largest absolute Gasteiger partial charge is 0.464 e. The van der Waals surface area contributed by atoms with Crippen LogP contribution < -0.4 is 15.4 Å². The molecule has 2 heterocycles. The maximum absolute atomic E-state index is 5.66. The number of hydrogen-bond donors (Lipinski definition) is 1. The van der Waals surface area contributed by atoms with Crippen molar-refractivity contribution in [2.45, 2.75) is 13.3 Å². The molecule has 7 heteroatoms. The van der Waals surface area contributed by atoms with Gasteiger partial charge in [-0.2, -0.15) is 15.0 Å². The maximum Gasteiger partial charge on any atom is 0.323 e. The van der Waals surface area contributed by atoms with Crippen molar-refractivity contribution in [2.24, 2.45) is 0 Å². The smallest absolute Gasteiger partial charge is 0.323 e. The van der Waals surface area contributed by atoms with Crippen LogP contribution in [0.25, 0.3) is 0 Å². The van der Waals surface area contributed by atoms with Crippen molar-refractivity contribution in [2.75, 3.05) is 30.8 Å². The Balaban J connectivity index is 2.03. The summed E-state index contributed by atoms with van der Waals surface area (Å²) in [5.41, 5.74) is 6.86. The van der Waals surface area contributed by atoms with Crippen LogP contribution in [-0.2, 0) is 6.42 Å². The van der Waals surface area contributed by atoms with Gasteiger partial charge in [0.25, 0.3) is 0 Å². The molecule has 2 N–H and O–H groups in total. The van der Waals surface area contributed by atoms with Gasteiger partial charge in [-0.1, -0.05) is 0 Å². The Bertz CT molecular complexity index is 548. The van der Waals surface area contributed by atoms with Gasteiger partial charge in [0.2, 0.25) is 11.9 Å². The van der Waals surface area contributed by atoms with Crippen molar-refractivity contribution in [3.05, 3.63) is 30.1 Å². The lowest BCUT2D eigenvalue weighted by atomic mass is 10.2. The van der Waals surface area contributed by atoms with Crippen molar-refractivity contribution < 1.29 is 4.74 Å². The van der Waals surface area contributed by atoms with Crippen LogP contribution in [0.2, 0.25) is 0 Å². The van der Waals surface area contributed by atoms with E-state index in [2.05, 4.69) is 19.9 Å². The van der Waals surface area contributed by atoms with Gasteiger partial charge in [0.1, 0.15) is 0 Å². The molecule has 0 saturated carbocycles. The van der Waals surface area contributed by atoms with E-state index in [0.717, 1.165) is 13.0 Å². The third-order valence-electron chi connectivity index (χ3n) is 2.72. The summed E-state index contributed by atoms with van der Waals surface area (Å²) in [6, 6.07) is 4.23. The number of aromatic nitrogens is 4. The van der Waals surface area contributed by atoms with Gasteiger partial charge in [0.15, 0.2) is 0 Å². The van der Waals surface area contributed by atoms with Gasteiger partial charge in [-0.05, 0) is 31.0 Å². The summed E-state index contributed by atoms with van der Waals surface area (Å²) in [6.07, 6.45) is 4.43. The minimum Gasteiger partial charge on any atom is -0.464 e. The van der Waals surface area contributed by atoms with E-state index in [1.165, 1.54) is 5.56 Å². The fourth-order valence-electron chi connectivity index (χ4n) is 1.67. The second-order valence-electron chi connectivity index (χ2n) is 4.24. The molecule has 0 amide bonds. The fraction of sp³-hybridized carbons (Fsp3) is 0.385. The van der Waals surface area contributed by atoms with Crippen LogP contribution >= 0.6 is 0 Å². The van der Waals surface area contributed by atoms with Gasteiger partial charge in [0.05, 0.1) is 6.61 Å². The molecule has 0 radical (unpaired) electrons. The highest BCUT2D eigenvalue weighted by Gasteiger charge is 2.09. The van der Waals surface area contributed by atoms with Gasteiger partial charge in [-0.15, -0.1) is 0 Å². The second kappa shape index (κ2) is 6.65. The molecule has 0 aliphatic heterocycles. The molecule has 2 aromatic rings. The zero-order chi connectivity index (χ0) is 14.4. The second-order valence-corrected chi connectivity index (χ2v) is 4.24. The zero-order valence-corrected chi connectivity index (χ0v) is 11.7. The van der Waals surface area contributed by atoms with E-state index in [-0.39, 0.29) is 12.0 Å². The monoisotopic (exact) mass is 274 g/mol. The van der Waals surface area contributed by atoms with E-state index in [9.17, 15) is 0 Å². The first kappa shape index (κ1) is 14.0. The van der Waals surface area contributed by atoms with Crippen LogP contribution in [0.4, 0.5) is 11.9 Å². The number of ether oxygens (including phenoxy) is 1. The number of nitrogens with zero attached hydrogens (tertiary/aromatic N) is 5. The summed E-state index contributed by atoms with van der Waals surface area (Å²) in [6.45, 7) is 3.12. The Morgan fingerprint density at radius 3 is 2.65 bits per heavy atom. The SMILES string of the molecule is CCOc1nc(N)nc(N(C)CCc2ccncc2)n1. The van der Waals surface area contributed by atoms with Crippen molar-refractivity contribution in [1.29, 1.82) is 0 Å². The quantitative estimate of drug-likeness (QED) is 0.837. The summed E-state index contributed by atoms with van der Waals surface area (Å²) >= 11 is 0. The van der Waals surface area contributed by atoms with E-state index in [0.29, 0.717) is 12.6 Å². The standard InChI is InChI=1S/C13H18N6O/c1-3-20-13-17-11(14)16-12(18-13)19(2)9-6-10-4-7-15-8-5-10/h4-5,7-8H,3,6,9H2,1-2H3,(H2,14,16,17,18). The van der Waals surface area contributed by atoms with Gasteiger partial charge < -0.3 is 15.4 Å². The molecule has 0 fully saturated rings. The van der Waals surface area contributed by atoms with Crippen LogP contribution in [-0.4, -0.2) is 40.1 Å². The Morgan fingerprint density at radius 1 is 1.20 bits per heavy atom. The molecule has 0 saturated heterocycles. The number of hydrogen-bond acceptors (Lipinski definition) is 7. The lowest BCUT2D eigenvalue weighted by Gasteiger charge is -2.17.